The highest BCUT2D eigenvalue weighted by Crippen LogP contribution is 2.25. The molecule has 0 fully saturated rings. The molecule has 0 spiro atoms. The Bertz CT molecular complexity index is 651. The minimum atomic E-state index is -0.979. The normalized spacial score (nSPS) is 10.6. The van der Waals surface area contributed by atoms with Crippen LogP contribution in [-0.2, 0) is 4.79 Å². The molecule has 108 valence electrons. The Labute approximate surface area is 123 Å². The van der Waals surface area contributed by atoms with Gasteiger partial charge in [0.2, 0.25) is 0 Å². The van der Waals surface area contributed by atoms with E-state index in [9.17, 15) is 4.79 Å². The van der Waals surface area contributed by atoms with Crippen LogP contribution in [0.1, 0.15) is 5.56 Å². The fourth-order valence-electron chi connectivity index (χ4n) is 1.81. The third-order valence-corrected chi connectivity index (χ3v) is 2.97. The topological polar surface area (TPSA) is 62.7 Å². The van der Waals surface area contributed by atoms with Crippen molar-refractivity contribution in [2.45, 2.75) is 0 Å². The Balaban J connectivity index is 2.19. The van der Waals surface area contributed by atoms with Crippen LogP contribution in [0, 0.1) is 0 Å². The second-order valence-electron chi connectivity index (χ2n) is 4.38. The lowest BCUT2D eigenvalue weighted by Gasteiger charge is -2.18. The molecule has 0 amide bonds. The number of benzene rings is 1. The van der Waals surface area contributed by atoms with E-state index < -0.39 is 5.97 Å². The Morgan fingerprint density at radius 2 is 2.14 bits per heavy atom. The van der Waals surface area contributed by atoms with E-state index in [0.717, 1.165) is 28.9 Å². The van der Waals surface area contributed by atoms with Gasteiger partial charge in [-0.05, 0) is 35.9 Å². The number of methoxy groups -OCH3 is 1. The van der Waals surface area contributed by atoms with E-state index in [1.165, 1.54) is 6.08 Å². The van der Waals surface area contributed by atoms with E-state index in [4.69, 9.17) is 9.84 Å². The zero-order chi connectivity index (χ0) is 15.2. The van der Waals surface area contributed by atoms with Gasteiger partial charge in [-0.3, -0.25) is 0 Å². The Morgan fingerprint density at radius 1 is 1.33 bits per heavy atom. The number of aliphatic carboxylic acids is 1. The Kier molecular flexibility index (Phi) is 4.56. The van der Waals surface area contributed by atoms with Gasteiger partial charge in [0.05, 0.1) is 7.11 Å². The first kappa shape index (κ1) is 14.6. The summed E-state index contributed by atoms with van der Waals surface area (Å²) in [5.41, 5.74) is 1.69. The number of hydrogen-bond acceptors (Lipinski definition) is 4. The van der Waals surface area contributed by atoms with Crippen LogP contribution in [0.2, 0.25) is 0 Å². The van der Waals surface area contributed by atoms with Crippen LogP contribution in [0.5, 0.6) is 5.75 Å². The Hall–Kier alpha value is -2.82. The molecule has 0 bridgehead atoms. The monoisotopic (exact) mass is 284 g/mol. The molecular weight excluding hydrogens is 268 g/mol. The molecule has 0 saturated heterocycles. The fraction of sp³-hybridized carbons (Fsp3) is 0.125. The first-order chi connectivity index (χ1) is 10.1. The molecule has 0 aliphatic heterocycles. The molecule has 1 aromatic carbocycles. The highest BCUT2D eigenvalue weighted by Gasteiger charge is 2.06. The smallest absolute Gasteiger partial charge is 0.328 e. The van der Waals surface area contributed by atoms with E-state index in [1.807, 2.05) is 48.3 Å². The van der Waals surface area contributed by atoms with Crippen molar-refractivity contribution in [3.8, 4) is 5.75 Å². The van der Waals surface area contributed by atoms with Gasteiger partial charge in [-0.1, -0.05) is 6.07 Å². The van der Waals surface area contributed by atoms with Crippen molar-refractivity contribution in [2.24, 2.45) is 0 Å². The maximum absolute atomic E-state index is 10.5. The van der Waals surface area contributed by atoms with Gasteiger partial charge in [0.15, 0.2) is 0 Å². The summed E-state index contributed by atoms with van der Waals surface area (Å²) in [6.07, 6.45) is 4.22. The van der Waals surface area contributed by atoms with Crippen LogP contribution in [0.15, 0.2) is 48.7 Å². The van der Waals surface area contributed by atoms with Crippen LogP contribution < -0.4 is 9.64 Å². The molecule has 1 aromatic heterocycles. The van der Waals surface area contributed by atoms with Gasteiger partial charge in [0, 0.05) is 31.1 Å². The number of nitrogens with zero attached hydrogens (tertiary/aromatic N) is 2. The predicted molar refractivity (Wildman–Crippen MR) is 82.0 cm³/mol. The third-order valence-electron chi connectivity index (χ3n) is 2.97. The molecule has 5 nitrogen and oxygen atoms in total. The summed E-state index contributed by atoms with van der Waals surface area (Å²) in [5, 5.41) is 8.59. The molecule has 2 rings (SSSR count). The molecule has 1 heterocycles. The Morgan fingerprint density at radius 3 is 2.76 bits per heavy atom. The number of anilines is 2. The molecule has 0 atom stereocenters. The number of rotatable bonds is 5. The van der Waals surface area contributed by atoms with Crippen LogP contribution in [0.3, 0.4) is 0 Å². The standard InChI is InChI=1S/C16H16N2O3/c1-18(13-4-3-5-14(10-13)21-2)15-8-6-12(11-17-15)7-9-16(19)20/h3-11H,1-2H3,(H,19,20)/b9-7+. The number of hydrogen-bond donors (Lipinski definition) is 1. The van der Waals surface area contributed by atoms with E-state index in [0.29, 0.717) is 0 Å². The van der Waals surface area contributed by atoms with E-state index in [-0.39, 0.29) is 0 Å². The summed E-state index contributed by atoms with van der Waals surface area (Å²) >= 11 is 0. The molecule has 0 unspecified atom stereocenters. The van der Waals surface area contributed by atoms with Gasteiger partial charge in [-0.25, -0.2) is 9.78 Å². The number of aromatic nitrogens is 1. The molecule has 1 N–H and O–H groups in total. The number of carboxylic acid groups (broad SMARTS) is 1. The summed E-state index contributed by atoms with van der Waals surface area (Å²) in [5.74, 6) is 0.559. The van der Waals surface area contributed by atoms with Crippen LogP contribution in [-0.4, -0.2) is 30.2 Å². The van der Waals surface area contributed by atoms with Gasteiger partial charge in [0.1, 0.15) is 11.6 Å². The van der Waals surface area contributed by atoms with Crippen molar-refractivity contribution >= 4 is 23.6 Å². The number of pyridine rings is 1. The average molecular weight is 284 g/mol. The number of ether oxygens (including phenoxy) is 1. The average Bonchev–Trinajstić information content (AvgIpc) is 2.52. The summed E-state index contributed by atoms with van der Waals surface area (Å²) in [7, 11) is 3.53. The van der Waals surface area contributed by atoms with Crippen LogP contribution in [0.25, 0.3) is 6.08 Å². The van der Waals surface area contributed by atoms with Gasteiger partial charge < -0.3 is 14.7 Å². The van der Waals surface area contributed by atoms with Crippen LogP contribution in [0.4, 0.5) is 11.5 Å². The lowest BCUT2D eigenvalue weighted by Crippen LogP contribution is -2.11. The maximum Gasteiger partial charge on any atom is 0.328 e. The first-order valence-electron chi connectivity index (χ1n) is 6.35. The van der Waals surface area contributed by atoms with Crippen LogP contribution >= 0.6 is 0 Å². The van der Waals surface area contributed by atoms with Gasteiger partial charge in [-0.2, -0.15) is 0 Å². The van der Waals surface area contributed by atoms with Crippen molar-refractivity contribution in [1.82, 2.24) is 4.98 Å². The third kappa shape index (κ3) is 3.82. The molecule has 0 aliphatic rings. The highest BCUT2D eigenvalue weighted by atomic mass is 16.5. The summed E-state index contributed by atoms with van der Waals surface area (Å²) < 4.78 is 5.20. The van der Waals surface area contributed by atoms with Gasteiger partial charge >= 0.3 is 5.97 Å². The number of carbonyl (C=O) groups is 1. The molecule has 21 heavy (non-hydrogen) atoms. The van der Waals surface area contributed by atoms with Crippen molar-refractivity contribution < 1.29 is 14.6 Å². The minimum absolute atomic E-state index is 0.736. The quantitative estimate of drug-likeness (QED) is 0.855. The van der Waals surface area contributed by atoms with E-state index in [2.05, 4.69) is 4.98 Å². The van der Waals surface area contributed by atoms with Gasteiger partial charge in [0.25, 0.3) is 0 Å². The molecular formula is C16H16N2O3. The number of carboxylic acids is 1. The molecule has 0 aliphatic carbocycles. The minimum Gasteiger partial charge on any atom is -0.497 e. The van der Waals surface area contributed by atoms with Crippen molar-refractivity contribution in [3.63, 3.8) is 0 Å². The van der Waals surface area contributed by atoms with Crippen molar-refractivity contribution in [1.29, 1.82) is 0 Å². The molecule has 2 aromatic rings. The summed E-state index contributed by atoms with van der Waals surface area (Å²) in [6.45, 7) is 0. The van der Waals surface area contributed by atoms with Crippen molar-refractivity contribution in [3.05, 3.63) is 54.2 Å². The predicted octanol–water partition coefficient (Wildman–Crippen LogP) is 2.96. The van der Waals surface area contributed by atoms with E-state index in [1.54, 1.807) is 13.3 Å². The maximum atomic E-state index is 10.5. The lowest BCUT2D eigenvalue weighted by atomic mass is 10.2. The SMILES string of the molecule is COc1cccc(N(C)c2ccc(/C=C/C(=O)O)cn2)c1. The second kappa shape index (κ2) is 6.56. The summed E-state index contributed by atoms with van der Waals surface area (Å²) in [6, 6.07) is 11.3. The molecule has 5 heteroatoms. The summed E-state index contributed by atoms with van der Waals surface area (Å²) in [4.78, 5) is 16.7. The second-order valence-corrected chi connectivity index (χ2v) is 4.38. The lowest BCUT2D eigenvalue weighted by molar-refractivity contribution is -0.131. The zero-order valence-corrected chi connectivity index (χ0v) is 11.9. The van der Waals surface area contributed by atoms with Crippen molar-refractivity contribution in [2.75, 3.05) is 19.1 Å². The highest BCUT2D eigenvalue weighted by molar-refractivity contribution is 5.85. The zero-order valence-electron chi connectivity index (χ0n) is 11.9. The molecule has 0 saturated carbocycles. The largest absolute Gasteiger partial charge is 0.497 e. The first-order valence-corrected chi connectivity index (χ1v) is 6.35. The van der Waals surface area contributed by atoms with E-state index >= 15 is 0 Å². The fourth-order valence-corrected chi connectivity index (χ4v) is 1.81. The molecule has 0 radical (unpaired) electrons. The van der Waals surface area contributed by atoms with Gasteiger partial charge in [-0.15, -0.1) is 0 Å².